The van der Waals surface area contributed by atoms with Crippen LogP contribution in [0.5, 0.6) is 0 Å². The number of piperidine rings is 1. The van der Waals surface area contributed by atoms with Gasteiger partial charge in [0, 0.05) is 25.3 Å². The van der Waals surface area contributed by atoms with Gasteiger partial charge in [-0.15, -0.1) is 0 Å². The molecule has 104 valence electrons. The molecule has 0 aromatic heterocycles. The lowest BCUT2D eigenvalue weighted by atomic mass is 9.77. The molecule has 0 bridgehead atoms. The van der Waals surface area contributed by atoms with Crippen molar-refractivity contribution >= 4 is 5.69 Å². The summed E-state index contributed by atoms with van der Waals surface area (Å²) in [6.07, 6.45) is 8.62. The number of hydrogen-bond acceptors (Lipinski definition) is 2. The summed E-state index contributed by atoms with van der Waals surface area (Å²) in [7, 11) is 0. The maximum absolute atomic E-state index is 5.92. The van der Waals surface area contributed by atoms with Crippen molar-refractivity contribution in [2.75, 3.05) is 18.0 Å². The molecule has 2 heteroatoms. The average molecular weight is 258 g/mol. The first-order valence-electron chi connectivity index (χ1n) is 7.78. The summed E-state index contributed by atoms with van der Waals surface area (Å²) in [6, 6.07) is 6.53. The fourth-order valence-corrected chi connectivity index (χ4v) is 4.17. The minimum Gasteiger partial charge on any atom is -0.371 e. The maximum atomic E-state index is 5.92. The fourth-order valence-electron chi connectivity index (χ4n) is 4.17. The van der Waals surface area contributed by atoms with Gasteiger partial charge in [0.1, 0.15) is 0 Å². The van der Waals surface area contributed by atoms with E-state index in [-0.39, 0.29) is 0 Å². The highest BCUT2D eigenvalue weighted by molar-refractivity contribution is 5.59. The second kappa shape index (κ2) is 5.16. The Morgan fingerprint density at radius 2 is 1.79 bits per heavy atom. The molecular weight excluding hydrogens is 232 g/mol. The minimum atomic E-state index is 0.651. The third-order valence-electron chi connectivity index (χ3n) is 5.35. The molecule has 2 N–H and O–H groups in total. The molecule has 1 aliphatic heterocycles. The van der Waals surface area contributed by atoms with Crippen LogP contribution in [0.2, 0.25) is 0 Å². The summed E-state index contributed by atoms with van der Waals surface area (Å²) < 4.78 is 0. The largest absolute Gasteiger partial charge is 0.371 e. The molecule has 19 heavy (non-hydrogen) atoms. The summed E-state index contributed by atoms with van der Waals surface area (Å²) in [5, 5.41) is 0. The molecule has 1 aromatic carbocycles. The Labute approximate surface area is 117 Å². The highest BCUT2D eigenvalue weighted by Crippen LogP contribution is 2.47. The van der Waals surface area contributed by atoms with E-state index in [4.69, 9.17) is 5.73 Å². The van der Waals surface area contributed by atoms with E-state index in [1.807, 2.05) is 0 Å². The maximum Gasteiger partial charge on any atom is 0.0441 e. The zero-order valence-corrected chi connectivity index (χ0v) is 12.1. The molecule has 1 heterocycles. The van der Waals surface area contributed by atoms with Gasteiger partial charge in [-0.05, 0) is 49.1 Å². The minimum absolute atomic E-state index is 0.651. The SMILES string of the molecule is Cc1cccc(CN)c1N1CCC2(CCCC2)CC1. The van der Waals surface area contributed by atoms with E-state index >= 15 is 0 Å². The normalized spacial score (nSPS) is 22.1. The zero-order valence-electron chi connectivity index (χ0n) is 12.1. The predicted molar refractivity (Wildman–Crippen MR) is 81.4 cm³/mol. The number of nitrogens with zero attached hydrogens (tertiary/aromatic N) is 1. The van der Waals surface area contributed by atoms with E-state index < -0.39 is 0 Å². The highest BCUT2D eigenvalue weighted by Gasteiger charge is 2.37. The molecule has 1 spiro atoms. The van der Waals surface area contributed by atoms with Gasteiger partial charge >= 0.3 is 0 Å². The number of nitrogens with two attached hydrogens (primary N) is 1. The summed E-state index contributed by atoms with van der Waals surface area (Å²) in [4.78, 5) is 2.58. The molecule has 2 fully saturated rings. The molecule has 1 aliphatic carbocycles. The van der Waals surface area contributed by atoms with Gasteiger partial charge in [0.2, 0.25) is 0 Å². The summed E-state index contributed by atoms with van der Waals surface area (Å²) in [6.45, 7) is 5.31. The van der Waals surface area contributed by atoms with Crippen LogP contribution in [0.1, 0.15) is 49.7 Å². The van der Waals surface area contributed by atoms with Crippen molar-refractivity contribution in [3.8, 4) is 0 Å². The first-order chi connectivity index (χ1) is 9.24. The van der Waals surface area contributed by atoms with Gasteiger partial charge < -0.3 is 10.6 Å². The highest BCUT2D eigenvalue weighted by atomic mass is 15.1. The van der Waals surface area contributed by atoms with Gasteiger partial charge in [-0.1, -0.05) is 31.0 Å². The summed E-state index contributed by atoms with van der Waals surface area (Å²) >= 11 is 0. The molecule has 2 nitrogen and oxygen atoms in total. The van der Waals surface area contributed by atoms with Crippen LogP contribution in [0.25, 0.3) is 0 Å². The standard InChI is InChI=1S/C17H26N2/c1-14-5-4-6-15(13-18)16(14)19-11-9-17(10-12-19)7-2-3-8-17/h4-6H,2-3,7-13,18H2,1H3. The fraction of sp³-hybridized carbons (Fsp3) is 0.647. The van der Waals surface area contributed by atoms with E-state index in [0.29, 0.717) is 12.0 Å². The Morgan fingerprint density at radius 3 is 2.42 bits per heavy atom. The van der Waals surface area contributed by atoms with Crippen LogP contribution >= 0.6 is 0 Å². The van der Waals surface area contributed by atoms with Crippen LogP contribution < -0.4 is 10.6 Å². The third kappa shape index (κ3) is 2.38. The van der Waals surface area contributed by atoms with Gasteiger partial charge in [-0.2, -0.15) is 0 Å². The Hall–Kier alpha value is -1.02. The second-order valence-electron chi connectivity index (χ2n) is 6.48. The third-order valence-corrected chi connectivity index (χ3v) is 5.35. The van der Waals surface area contributed by atoms with Crippen LogP contribution in [0.15, 0.2) is 18.2 Å². The van der Waals surface area contributed by atoms with E-state index in [1.165, 1.54) is 68.4 Å². The van der Waals surface area contributed by atoms with Crippen molar-refractivity contribution in [2.24, 2.45) is 11.1 Å². The van der Waals surface area contributed by atoms with Crippen molar-refractivity contribution in [1.82, 2.24) is 0 Å². The van der Waals surface area contributed by atoms with E-state index in [0.717, 1.165) is 0 Å². The molecule has 0 amide bonds. The van der Waals surface area contributed by atoms with Crippen LogP contribution in [0.3, 0.4) is 0 Å². The smallest absolute Gasteiger partial charge is 0.0441 e. The molecule has 3 rings (SSSR count). The van der Waals surface area contributed by atoms with Crippen LogP contribution in [-0.2, 0) is 6.54 Å². The topological polar surface area (TPSA) is 29.3 Å². The van der Waals surface area contributed by atoms with Crippen molar-refractivity contribution in [1.29, 1.82) is 0 Å². The summed E-state index contributed by atoms with van der Waals surface area (Å²) in [5.74, 6) is 0. The van der Waals surface area contributed by atoms with Crippen LogP contribution in [-0.4, -0.2) is 13.1 Å². The van der Waals surface area contributed by atoms with Gasteiger partial charge in [-0.25, -0.2) is 0 Å². The number of benzene rings is 1. The number of rotatable bonds is 2. The molecule has 1 aromatic rings. The first-order valence-corrected chi connectivity index (χ1v) is 7.78. The molecule has 1 saturated carbocycles. The van der Waals surface area contributed by atoms with E-state index in [1.54, 1.807) is 0 Å². The molecule has 0 radical (unpaired) electrons. The Balaban J connectivity index is 1.78. The molecule has 1 saturated heterocycles. The Morgan fingerprint density at radius 1 is 1.11 bits per heavy atom. The number of anilines is 1. The Kier molecular flexibility index (Phi) is 3.53. The Bertz CT molecular complexity index is 437. The van der Waals surface area contributed by atoms with Crippen molar-refractivity contribution in [2.45, 2.75) is 52.0 Å². The monoisotopic (exact) mass is 258 g/mol. The van der Waals surface area contributed by atoms with Crippen LogP contribution in [0.4, 0.5) is 5.69 Å². The lowest BCUT2D eigenvalue weighted by Gasteiger charge is -2.41. The van der Waals surface area contributed by atoms with E-state index in [2.05, 4.69) is 30.0 Å². The zero-order chi connectivity index (χ0) is 13.3. The molecule has 0 atom stereocenters. The molecule has 2 aliphatic rings. The quantitative estimate of drug-likeness (QED) is 0.878. The van der Waals surface area contributed by atoms with Gasteiger partial charge in [0.05, 0.1) is 0 Å². The number of para-hydroxylation sites is 1. The van der Waals surface area contributed by atoms with Crippen molar-refractivity contribution in [3.63, 3.8) is 0 Å². The lowest BCUT2D eigenvalue weighted by Crippen LogP contribution is -2.39. The van der Waals surface area contributed by atoms with Crippen molar-refractivity contribution in [3.05, 3.63) is 29.3 Å². The molecular formula is C17H26N2. The van der Waals surface area contributed by atoms with Gasteiger partial charge in [-0.3, -0.25) is 0 Å². The lowest BCUT2D eigenvalue weighted by molar-refractivity contribution is 0.226. The molecule has 0 unspecified atom stereocenters. The van der Waals surface area contributed by atoms with Crippen LogP contribution in [0, 0.1) is 12.3 Å². The first kappa shape index (κ1) is 13.0. The second-order valence-corrected chi connectivity index (χ2v) is 6.48. The van der Waals surface area contributed by atoms with Crippen molar-refractivity contribution < 1.29 is 0 Å². The average Bonchev–Trinajstić information content (AvgIpc) is 2.88. The summed E-state index contributed by atoms with van der Waals surface area (Å²) in [5.41, 5.74) is 10.7. The van der Waals surface area contributed by atoms with Gasteiger partial charge in [0.25, 0.3) is 0 Å². The predicted octanol–water partition coefficient (Wildman–Crippen LogP) is 3.61. The van der Waals surface area contributed by atoms with E-state index in [9.17, 15) is 0 Å². The number of hydrogen-bond donors (Lipinski definition) is 1. The van der Waals surface area contributed by atoms with Gasteiger partial charge in [0.15, 0.2) is 0 Å². The number of aryl methyl sites for hydroxylation is 1.